The van der Waals surface area contributed by atoms with Crippen molar-refractivity contribution in [1.82, 2.24) is 10.9 Å². The second kappa shape index (κ2) is 7.69. The number of hydrogen-bond donors (Lipinski definition) is 3. The van der Waals surface area contributed by atoms with Gasteiger partial charge in [-0.2, -0.15) is 0 Å². The average Bonchev–Trinajstić information content (AvgIpc) is 2.65. The number of hydrogen-bond acceptors (Lipinski definition) is 7. The van der Waals surface area contributed by atoms with Crippen molar-refractivity contribution in [2.75, 3.05) is 0 Å². The van der Waals surface area contributed by atoms with Gasteiger partial charge in [-0.15, -0.1) is 0 Å². The second-order valence-electron chi connectivity index (χ2n) is 5.04. The molecule has 2 aromatic carbocycles. The van der Waals surface area contributed by atoms with Gasteiger partial charge in [-0.25, -0.2) is 4.79 Å². The normalized spacial score (nSPS) is 9.93. The minimum atomic E-state index is -1.47. The lowest BCUT2D eigenvalue weighted by Crippen LogP contribution is -2.41. The van der Waals surface area contributed by atoms with Crippen molar-refractivity contribution < 1.29 is 29.3 Å². The first-order valence-corrected chi connectivity index (χ1v) is 7.07. The summed E-state index contributed by atoms with van der Waals surface area (Å²) in [6.07, 6.45) is 0. The Morgan fingerprint density at radius 2 is 1.22 bits per heavy atom. The number of nitrogens with one attached hydrogen (secondary N) is 2. The highest BCUT2D eigenvalue weighted by Crippen LogP contribution is 2.17. The summed E-state index contributed by atoms with van der Waals surface area (Å²) < 4.78 is 0. The minimum absolute atomic E-state index is 0.00571. The molecule has 0 saturated heterocycles. The number of hydrazine groups is 1. The summed E-state index contributed by atoms with van der Waals surface area (Å²) in [5.74, 6) is -3.26. The number of non-ortho nitro benzene ring substituents is 2. The van der Waals surface area contributed by atoms with E-state index in [2.05, 4.69) is 0 Å². The minimum Gasteiger partial charge on any atom is -0.478 e. The van der Waals surface area contributed by atoms with Crippen LogP contribution in [0, 0.1) is 20.2 Å². The Hall–Kier alpha value is -4.35. The Bertz CT molecular complexity index is 923. The van der Waals surface area contributed by atoms with Crippen LogP contribution in [0.2, 0.25) is 0 Å². The molecular weight excluding hydrogens is 364 g/mol. The van der Waals surface area contributed by atoms with E-state index in [0.29, 0.717) is 0 Å². The van der Waals surface area contributed by atoms with Crippen molar-refractivity contribution in [1.29, 1.82) is 0 Å². The molecule has 0 bridgehead atoms. The number of nitrogens with zero attached hydrogens (tertiary/aromatic N) is 2. The quantitative estimate of drug-likeness (QED) is 0.516. The molecule has 0 atom stereocenters. The van der Waals surface area contributed by atoms with E-state index in [4.69, 9.17) is 5.11 Å². The van der Waals surface area contributed by atoms with Gasteiger partial charge in [0, 0.05) is 35.4 Å². The van der Waals surface area contributed by atoms with Crippen molar-refractivity contribution >= 4 is 29.2 Å². The maximum absolute atomic E-state index is 12.0. The fourth-order valence-electron chi connectivity index (χ4n) is 1.96. The number of rotatable bonds is 5. The third-order valence-electron chi connectivity index (χ3n) is 3.27. The molecule has 0 aliphatic carbocycles. The molecule has 0 aliphatic rings. The van der Waals surface area contributed by atoms with Gasteiger partial charge in [0.1, 0.15) is 0 Å². The van der Waals surface area contributed by atoms with Crippen LogP contribution in [0.3, 0.4) is 0 Å². The number of carboxylic acid groups (broad SMARTS) is 1. The molecule has 0 unspecified atom stereocenters. The third-order valence-corrected chi connectivity index (χ3v) is 3.27. The highest BCUT2D eigenvalue weighted by atomic mass is 16.6. The number of amides is 2. The fraction of sp³-hybridized carbons (Fsp3) is 0. The monoisotopic (exact) mass is 374 g/mol. The number of carbonyl (C=O) groups is 3. The lowest BCUT2D eigenvalue weighted by atomic mass is 10.1. The SMILES string of the molecule is O=C(O)c1cc(C(=O)NNC(=O)c2ccc([N+](=O)[O-])cc2)cc([N+](=O)[O-])c1. The van der Waals surface area contributed by atoms with Crippen molar-refractivity contribution in [2.45, 2.75) is 0 Å². The highest BCUT2D eigenvalue weighted by molar-refractivity contribution is 6.01. The fourth-order valence-corrected chi connectivity index (χ4v) is 1.96. The molecular formula is C15H10N4O8. The Morgan fingerprint density at radius 1 is 0.741 bits per heavy atom. The van der Waals surface area contributed by atoms with Crippen LogP contribution in [-0.2, 0) is 0 Å². The molecule has 0 fully saturated rings. The van der Waals surface area contributed by atoms with Crippen molar-refractivity contribution in [3.05, 3.63) is 79.4 Å². The van der Waals surface area contributed by atoms with Crippen LogP contribution < -0.4 is 10.9 Å². The molecule has 2 amide bonds. The third kappa shape index (κ3) is 4.60. The van der Waals surface area contributed by atoms with E-state index in [1.54, 1.807) is 0 Å². The van der Waals surface area contributed by atoms with Crippen LogP contribution in [-0.4, -0.2) is 32.7 Å². The van der Waals surface area contributed by atoms with Gasteiger partial charge >= 0.3 is 5.97 Å². The first-order valence-electron chi connectivity index (χ1n) is 7.07. The number of carboxylic acids is 1. The van der Waals surface area contributed by atoms with E-state index in [-0.39, 0.29) is 16.8 Å². The van der Waals surface area contributed by atoms with Crippen LogP contribution in [0.4, 0.5) is 11.4 Å². The van der Waals surface area contributed by atoms with Crippen molar-refractivity contribution in [3.8, 4) is 0 Å². The van der Waals surface area contributed by atoms with Crippen molar-refractivity contribution in [2.24, 2.45) is 0 Å². The van der Waals surface area contributed by atoms with Crippen LogP contribution in [0.15, 0.2) is 42.5 Å². The Balaban J connectivity index is 2.13. The largest absolute Gasteiger partial charge is 0.478 e. The number of aromatic carboxylic acids is 1. The predicted molar refractivity (Wildman–Crippen MR) is 88.1 cm³/mol. The predicted octanol–water partition coefficient (Wildman–Crippen LogP) is 1.28. The Morgan fingerprint density at radius 3 is 1.70 bits per heavy atom. The zero-order valence-corrected chi connectivity index (χ0v) is 13.2. The molecule has 27 heavy (non-hydrogen) atoms. The molecule has 3 N–H and O–H groups in total. The summed E-state index contributed by atoms with van der Waals surface area (Å²) in [5, 5.41) is 30.4. The second-order valence-corrected chi connectivity index (χ2v) is 5.04. The average molecular weight is 374 g/mol. The summed E-state index contributed by atoms with van der Waals surface area (Å²) >= 11 is 0. The van der Waals surface area contributed by atoms with Gasteiger partial charge in [0.15, 0.2) is 0 Å². The molecule has 138 valence electrons. The zero-order valence-electron chi connectivity index (χ0n) is 13.2. The van der Waals surface area contributed by atoms with E-state index in [1.165, 1.54) is 0 Å². The van der Waals surface area contributed by atoms with Gasteiger partial charge < -0.3 is 5.11 Å². The molecule has 2 rings (SSSR count). The molecule has 0 radical (unpaired) electrons. The summed E-state index contributed by atoms with van der Waals surface area (Å²) in [4.78, 5) is 54.9. The van der Waals surface area contributed by atoms with E-state index < -0.39 is 38.9 Å². The molecule has 2 aromatic rings. The van der Waals surface area contributed by atoms with E-state index in [9.17, 15) is 34.6 Å². The van der Waals surface area contributed by atoms with Gasteiger partial charge in [-0.05, 0) is 18.2 Å². The summed E-state index contributed by atoms with van der Waals surface area (Å²) in [6, 6.07) is 7.05. The van der Waals surface area contributed by atoms with Crippen LogP contribution in [0.1, 0.15) is 31.1 Å². The zero-order chi connectivity index (χ0) is 20.1. The summed E-state index contributed by atoms with van der Waals surface area (Å²) in [7, 11) is 0. The number of benzene rings is 2. The molecule has 12 heteroatoms. The topological polar surface area (TPSA) is 182 Å². The lowest BCUT2D eigenvalue weighted by molar-refractivity contribution is -0.385. The van der Waals surface area contributed by atoms with Crippen LogP contribution in [0.25, 0.3) is 0 Å². The molecule has 0 aromatic heterocycles. The van der Waals surface area contributed by atoms with Crippen LogP contribution >= 0.6 is 0 Å². The van der Waals surface area contributed by atoms with Gasteiger partial charge in [-0.1, -0.05) is 0 Å². The molecule has 0 aliphatic heterocycles. The van der Waals surface area contributed by atoms with Gasteiger partial charge in [0.2, 0.25) is 0 Å². The molecule has 12 nitrogen and oxygen atoms in total. The maximum Gasteiger partial charge on any atom is 0.335 e. The van der Waals surface area contributed by atoms with E-state index in [1.807, 2.05) is 10.9 Å². The highest BCUT2D eigenvalue weighted by Gasteiger charge is 2.18. The number of carbonyl (C=O) groups excluding carboxylic acids is 2. The Labute approximate surface area is 149 Å². The Kier molecular flexibility index (Phi) is 5.41. The molecule has 0 spiro atoms. The van der Waals surface area contributed by atoms with Gasteiger partial charge in [-0.3, -0.25) is 40.7 Å². The molecule has 0 heterocycles. The standard InChI is InChI=1S/C15H10N4O8/c20-13(8-1-3-11(4-2-8)18(24)25)16-17-14(21)9-5-10(15(22)23)7-12(6-9)19(26)27/h1-7H,(H,16,20)(H,17,21)(H,22,23). The van der Waals surface area contributed by atoms with E-state index >= 15 is 0 Å². The number of nitro benzene ring substituents is 2. The van der Waals surface area contributed by atoms with Crippen molar-refractivity contribution in [3.63, 3.8) is 0 Å². The smallest absolute Gasteiger partial charge is 0.335 e. The lowest BCUT2D eigenvalue weighted by Gasteiger charge is -2.08. The van der Waals surface area contributed by atoms with Gasteiger partial charge in [0.25, 0.3) is 23.2 Å². The first-order chi connectivity index (χ1) is 12.7. The van der Waals surface area contributed by atoms with Crippen LogP contribution in [0.5, 0.6) is 0 Å². The molecule has 0 saturated carbocycles. The maximum atomic E-state index is 12.0. The number of nitro groups is 2. The van der Waals surface area contributed by atoms with Gasteiger partial charge in [0.05, 0.1) is 15.4 Å². The summed E-state index contributed by atoms with van der Waals surface area (Å²) in [5.41, 5.74) is 2.33. The summed E-state index contributed by atoms with van der Waals surface area (Å²) in [6.45, 7) is 0. The first kappa shape index (κ1) is 19.0. The van der Waals surface area contributed by atoms with E-state index in [0.717, 1.165) is 42.5 Å².